The average Bonchev–Trinajstić information content (AvgIpc) is 2.94. The number of methoxy groups -OCH3 is 1. The van der Waals surface area contributed by atoms with Crippen LogP contribution in [0.4, 0.5) is 20.6 Å². The molecule has 0 spiro atoms. The number of anilines is 2. The van der Waals surface area contributed by atoms with Crippen LogP contribution in [0.15, 0.2) is 72.3 Å². The molecule has 1 saturated heterocycles. The Hall–Kier alpha value is -5.19. The number of hydrogen-bond donors (Lipinski definition) is 2. The zero-order chi connectivity index (χ0) is 28.6. The lowest BCUT2D eigenvalue weighted by atomic mass is 10.1. The quantitative estimate of drug-likeness (QED) is 0.286. The Bertz CT molecular complexity index is 1490. The molecule has 1 aliphatic rings. The van der Waals surface area contributed by atoms with Crippen LogP contribution >= 0.6 is 0 Å². The van der Waals surface area contributed by atoms with Crippen LogP contribution in [0, 0.1) is 5.82 Å². The highest BCUT2D eigenvalue weighted by Crippen LogP contribution is 2.33. The third-order valence-corrected chi connectivity index (χ3v) is 5.66. The maximum atomic E-state index is 13.8. The number of benzene rings is 3. The number of imide groups is 2. The molecule has 0 radical (unpaired) electrons. The van der Waals surface area contributed by atoms with Gasteiger partial charge in [0.1, 0.15) is 17.1 Å². The van der Waals surface area contributed by atoms with Crippen molar-refractivity contribution in [3.63, 3.8) is 0 Å². The number of barbiturate groups is 1. The van der Waals surface area contributed by atoms with Crippen LogP contribution in [0.2, 0.25) is 0 Å². The van der Waals surface area contributed by atoms with Gasteiger partial charge in [0.15, 0.2) is 18.1 Å². The normalized spacial score (nSPS) is 14.1. The molecule has 1 heterocycles. The topological polar surface area (TPSA) is 123 Å². The molecule has 2 N–H and O–H groups in total. The Balaban J connectivity index is 1.51. The molecule has 10 nitrogen and oxygen atoms in total. The first-order valence-electron chi connectivity index (χ1n) is 12.3. The highest BCUT2D eigenvalue weighted by atomic mass is 19.1. The second kappa shape index (κ2) is 12.6. The van der Waals surface area contributed by atoms with Gasteiger partial charge in [0.05, 0.1) is 25.1 Å². The molecule has 4 rings (SSSR count). The van der Waals surface area contributed by atoms with E-state index in [1.807, 2.05) is 6.92 Å². The second-order valence-corrected chi connectivity index (χ2v) is 8.53. The van der Waals surface area contributed by atoms with Crippen LogP contribution in [0.25, 0.3) is 6.08 Å². The third-order valence-electron chi connectivity index (χ3n) is 5.66. The average molecular weight is 548 g/mol. The number of nitrogens with one attached hydrogen (secondary N) is 2. The van der Waals surface area contributed by atoms with Gasteiger partial charge in [-0.25, -0.2) is 14.1 Å². The number of nitrogens with zero attached hydrogens (tertiary/aromatic N) is 1. The van der Waals surface area contributed by atoms with E-state index in [4.69, 9.17) is 14.2 Å². The van der Waals surface area contributed by atoms with E-state index in [0.717, 1.165) is 11.3 Å². The van der Waals surface area contributed by atoms with Crippen LogP contribution in [0.5, 0.6) is 17.2 Å². The first-order chi connectivity index (χ1) is 19.3. The summed E-state index contributed by atoms with van der Waals surface area (Å²) in [4.78, 5) is 51.5. The number of halogens is 1. The molecule has 0 unspecified atom stereocenters. The summed E-state index contributed by atoms with van der Waals surface area (Å²) in [5.74, 6) is -1.83. The minimum atomic E-state index is -0.908. The Morgan fingerprint density at radius 2 is 1.80 bits per heavy atom. The number of urea groups is 1. The summed E-state index contributed by atoms with van der Waals surface area (Å²) in [6, 6.07) is 15.7. The largest absolute Gasteiger partial charge is 0.493 e. The standard InChI is InChI=1S/C29H26FN3O7/c1-3-13-39-24-12-11-19(16-25(24)38-2)33-28(36)21(27(35)32-29(33)37)15-18-7-6-8-20(14-18)40-17-26(34)31-23-10-5-4-9-22(23)30/h4-12,14-16H,3,13,17H2,1-2H3,(H,31,34)(H,32,35,37)/b21-15-. The maximum Gasteiger partial charge on any atom is 0.335 e. The SMILES string of the molecule is CCCOc1ccc(N2C(=O)NC(=O)/C(=C/c3cccc(OCC(=O)Nc4ccccc4F)c3)C2=O)cc1OC. The predicted molar refractivity (Wildman–Crippen MR) is 145 cm³/mol. The van der Waals surface area contributed by atoms with Gasteiger partial charge in [-0.15, -0.1) is 0 Å². The van der Waals surface area contributed by atoms with Gasteiger partial charge in [-0.3, -0.25) is 19.7 Å². The monoisotopic (exact) mass is 547 g/mol. The van der Waals surface area contributed by atoms with Crippen molar-refractivity contribution in [1.29, 1.82) is 0 Å². The van der Waals surface area contributed by atoms with Crippen molar-refractivity contribution < 1.29 is 37.8 Å². The number of carbonyl (C=O) groups is 4. The van der Waals surface area contributed by atoms with Crippen LogP contribution in [-0.4, -0.2) is 44.1 Å². The molecule has 0 bridgehead atoms. The Morgan fingerprint density at radius 1 is 1.00 bits per heavy atom. The van der Waals surface area contributed by atoms with E-state index in [0.29, 0.717) is 23.7 Å². The molecule has 5 amide bonds. The Morgan fingerprint density at radius 3 is 2.55 bits per heavy atom. The van der Waals surface area contributed by atoms with E-state index in [-0.39, 0.29) is 22.7 Å². The Kier molecular flexibility index (Phi) is 8.75. The van der Waals surface area contributed by atoms with Crippen molar-refractivity contribution in [2.45, 2.75) is 13.3 Å². The molecule has 0 aliphatic carbocycles. The van der Waals surface area contributed by atoms with E-state index in [1.165, 1.54) is 49.6 Å². The zero-order valence-corrected chi connectivity index (χ0v) is 21.7. The highest BCUT2D eigenvalue weighted by Gasteiger charge is 2.37. The van der Waals surface area contributed by atoms with Crippen molar-refractivity contribution in [1.82, 2.24) is 5.32 Å². The molecule has 1 fully saturated rings. The van der Waals surface area contributed by atoms with Crippen molar-refractivity contribution >= 4 is 41.2 Å². The number of carbonyl (C=O) groups excluding carboxylic acids is 4. The van der Waals surface area contributed by atoms with Crippen LogP contribution in [0.1, 0.15) is 18.9 Å². The van der Waals surface area contributed by atoms with Gasteiger partial charge in [-0.1, -0.05) is 31.2 Å². The number of hydrogen-bond acceptors (Lipinski definition) is 7. The van der Waals surface area contributed by atoms with Gasteiger partial charge < -0.3 is 19.5 Å². The molecular formula is C29H26FN3O7. The fourth-order valence-electron chi connectivity index (χ4n) is 3.78. The third kappa shape index (κ3) is 6.44. The molecule has 0 aromatic heterocycles. The van der Waals surface area contributed by atoms with Crippen molar-refractivity contribution in [2.75, 3.05) is 30.5 Å². The van der Waals surface area contributed by atoms with Crippen LogP contribution in [-0.2, 0) is 14.4 Å². The van der Waals surface area contributed by atoms with Gasteiger partial charge in [0, 0.05) is 6.07 Å². The van der Waals surface area contributed by atoms with E-state index in [2.05, 4.69) is 10.6 Å². The summed E-state index contributed by atoms with van der Waals surface area (Å²) >= 11 is 0. The van der Waals surface area contributed by atoms with Gasteiger partial charge in [0.25, 0.3) is 17.7 Å². The number of ether oxygens (including phenoxy) is 3. The van der Waals surface area contributed by atoms with Gasteiger partial charge in [0.2, 0.25) is 0 Å². The first kappa shape index (κ1) is 27.8. The van der Waals surface area contributed by atoms with Crippen molar-refractivity contribution in [3.05, 3.63) is 83.7 Å². The molecule has 0 saturated carbocycles. The fourth-order valence-corrected chi connectivity index (χ4v) is 3.78. The molecule has 0 atom stereocenters. The first-order valence-corrected chi connectivity index (χ1v) is 12.3. The predicted octanol–water partition coefficient (Wildman–Crippen LogP) is 4.31. The van der Waals surface area contributed by atoms with E-state index < -0.39 is 36.2 Å². The minimum Gasteiger partial charge on any atom is -0.493 e. The van der Waals surface area contributed by atoms with E-state index >= 15 is 0 Å². The van der Waals surface area contributed by atoms with Gasteiger partial charge in [-0.2, -0.15) is 0 Å². The number of amides is 5. The lowest BCUT2D eigenvalue weighted by Gasteiger charge is -2.27. The molecule has 1 aliphatic heterocycles. The van der Waals surface area contributed by atoms with Crippen LogP contribution < -0.4 is 29.7 Å². The molecule has 3 aromatic carbocycles. The molecule has 206 valence electrons. The molecule has 3 aromatic rings. The van der Waals surface area contributed by atoms with Crippen LogP contribution in [0.3, 0.4) is 0 Å². The van der Waals surface area contributed by atoms with Crippen molar-refractivity contribution in [2.24, 2.45) is 0 Å². The smallest absolute Gasteiger partial charge is 0.335 e. The molecule has 11 heteroatoms. The number of rotatable bonds is 10. The molecular weight excluding hydrogens is 521 g/mol. The summed E-state index contributed by atoms with van der Waals surface area (Å²) in [6.07, 6.45) is 2.08. The van der Waals surface area contributed by atoms with E-state index in [1.54, 1.807) is 30.3 Å². The minimum absolute atomic E-state index is 0.0243. The van der Waals surface area contributed by atoms with Crippen molar-refractivity contribution in [3.8, 4) is 17.2 Å². The zero-order valence-electron chi connectivity index (χ0n) is 21.7. The van der Waals surface area contributed by atoms with Gasteiger partial charge >= 0.3 is 6.03 Å². The summed E-state index contributed by atoms with van der Waals surface area (Å²) in [7, 11) is 1.43. The van der Waals surface area contributed by atoms with Gasteiger partial charge in [-0.05, 0) is 54.5 Å². The summed E-state index contributed by atoms with van der Waals surface area (Å²) in [6.45, 7) is 2.00. The Labute approximate surface area is 229 Å². The maximum absolute atomic E-state index is 13.8. The molecule has 40 heavy (non-hydrogen) atoms. The van der Waals surface area contributed by atoms with E-state index in [9.17, 15) is 23.6 Å². The highest BCUT2D eigenvalue weighted by molar-refractivity contribution is 6.39. The summed E-state index contributed by atoms with van der Waals surface area (Å²) in [5.41, 5.74) is 0.316. The lowest BCUT2D eigenvalue weighted by molar-refractivity contribution is -0.122. The summed E-state index contributed by atoms with van der Waals surface area (Å²) < 4.78 is 30.2. The number of para-hydroxylation sites is 1. The summed E-state index contributed by atoms with van der Waals surface area (Å²) in [5, 5.41) is 4.59. The second-order valence-electron chi connectivity index (χ2n) is 8.53. The fraction of sp³-hybridized carbons (Fsp3) is 0.172. The lowest BCUT2D eigenvalue weighted by Crippen LogP contribution is -2.54.